The Kier molecular flexibility index (Phi) is 6.28. The molecule has 22 heavy (non-hydrogen) atoms. The highest BCUT2D eigenvalue weighted by Gasteiger charge is 2.22. The molecular formula is C17H21NO4. The van der Waals surface area contributed by atoms with E-state index in [1.165, 1.54) is 27.7 Å². The highest BCUT2D eigenvalue weighted by atomic mass is 16.2. The van der Waals surface area contributed by atoms with Gasteiger partial charge >= 0.3 is 0 Å². The molecule has 118 valence electrons. The summed E-state index contributed by atoms with van der Waals surface area (Å²) >= 11 is 0. The molecule has 5 heteroatoms. The maximum Gasteiger partial charge on any atom is 0.140 e. The second-order valence-corrected chi connectivity index (χ2v) is 5.58. The Balaban J connectivity index is 2.94. The highest BCUT2D eigenvalue weighted by Crippen LogP contribution is 2.13. The number of rotatable bonds is 8. The van der Waals surface area contributed by atoms with Gasteiger partial charge in [-0.05, 0) is 39.8 Å². The topological polar surface area (TPSA) is 81.2 Å². The van der Waals surface area contributed by atoms with Gasteiger partial charge in [-0.15, -0.1) is 0 Å². The second-order valence-electron chi connectivity index (χ2n) is 5.58. The number of pyridine rings is 1. The van der Waals surface area contributed by atoms with Crippen LogP contribution in [0.3, 0.4) is 0 Å². The summed E-state index contributed by atoms with van der Waals surface area (Å²) in [4.78, 5) is 50.3. The van der Waals surface area contributed by atoms with Gasteiger partial charge in [0.05, 0.1) is 11.8 Å². The normalized spacial score (nSPS) is 10.8. The van der Waals surface area contributed by atoms with Crippen LogP contribution in [-0.2, 0) is 32.0 Å². The van der Waals surface area contributed by atoms with Gasteiger partial charge in [0.1, 0.15) is 23.1 Å². The molecule has 0 aliphatic rings. The van der Waals surface area contributed by atoms with Crippen LogP contribution in [-0.4, -0.2) is 28.1 Å². The van der Waals surface area contributed by atoms with E-state index in [1.54, 1.807) is 18.2 Å². The monoisotopic (exact) mass is 303 g/mol. The van der Waals surface area contributed by atoms with E-state index in [9.17, 15) is 19.2 Å². The molecule has 0 fully saturated rings. The zero-order valence-corrected chi connectivity index (χ0v) is 13.4. The summed E-state index contributed by atoms with van der Waals surface area (Å²) in [6.07, 6.45) is 0.479. The van der Waals surface area contributed by atoms with E-state index in [0.29, 0.717) is 11.4 Å². The van der Waals surface area contributed by atoms with Crippen molar-refractivity contribution in [1.82, 2.24) is 4.98 Å². The Labute approximate surface area is 130 Å². The van der Waals surface area contributed by atoms with Crippen LogP contribution < -0.4 is 0 Å². The molecule has 0 bridgehead atoms. The minimum Gasteiger partial charge on any atom is -0.299 e. The first-order valence-electron chi connectivity index (χ1n) is 7.19. The number of carbonyl (C=O) groups is 4. The average molecular weight is 303 g/mol. The Bertz CT molecular complexity index is 529. The Hall–Kier alpha value is -2.17. The van der Waals surface area contributed by atoms with Crippen LogP contribution in [0.2, 0.25) is 0 Å². The molecule has 0 aliphatic heterocycles. The third-order valence-electron chi connectivity index (χ3n) is 3.65. The molecular weight excluding hydrogens is 282 g/mol. The number of ketones is 4. The predicted molar refractivity (Wildman–Crippen MR) is 81.3 cm³/mol. The van der Waals surface area contributed by atoms with Gasteiger partial charge in [-0.2, -0.15) is 0 Å². The molecule has 0 amide bonds. The van der Waals surface area contributed by atoms with Crippen molar-refractivity contribution in [2.45, 2.75) is 40.5 Å². The van der Waals surface area contributed by atoms with Crippen LogP contribution in [0, 0.1) is 11.8 Å². The molecule has 0 unspecified atom stereocenters. The molecule has 0 N–H and O–H groups in total. The highest BCUT2D eigenvalue weighted by molar-refractivity contribution is 6.01. The lowest BCUT2D eigenvalue weighted by Crippen LogP contribution is -2.24. The number of carbonyl (C=O) groups excluding carboxylic acids is 4. The van der Waals surface area contributed by atoms with Crippen molar-refractivity contribution in [2.24, 2.45) is 11.8 Å². The summed E-state index contributed by atoms with van der Waals surface area (Å²) in [7, 11) is 0. The lowest BCUT2D eigenvalue weighted by Gasteiger charge is -2.12. The lowest BCUT2D eigenvalue weighted by molar-refractivity contribution is -0.131. The van der Waals surface area contributed by atoms with Gasteiger partial charge in [0.2, 0.25) is 0 Å². The number of aromatic nitrogens is 1. The predicted octanol–water partition coefficient (Wildman–Crippen LogP) is 1.76. The van der Waals surface area contributed by atoms with Crippen molar-refractivity contribution in [3.63, 3.8) is 0 Å². The SMILES string of the molecule is CC(=O)C(Cc1cccc(CC(C(C)=O)C(C)=O)n1)C(C)=O. The molecule has 0 radical (unpaired) electrons. The van der Waals surface area contributed by atoms with Crippen molar-refractivity contribution in [3.05, 3.63) is 29.6 Å². The summed E-state index contributed by atoms with van der Waals surface area (Å²) in [5.41, 5.74) is 1.22. The molecule has 0 aromatic carbocycles. The molecule has 1 heterocycles. The van der Waals surface area contributed by atoms with Gasteiger partial charge < -0.3 is 0 Å². The standard InChI is InChI=1S/C17H21NO4/c1-10(19)16(11(2)20)8-14-6-5-7-15(18-14)9-17(12(3)21)13(4)22/h5-7,16-17H,8-9H2,1-4H3. The number of nitrogens with zero attached hydrogens (tertiary/aromatic N) is 1. The first kappa shape index (κ1) is 17.9. The molecule has 5 nitrogen and oxygen atoms in total. The average Bonchev–Trinajstić information content (AvgIpc) is 2.41. The number of hydrogen-bond donors (Lipinski definition) is 0. The zero-order chi connectivity index (χ0) is 16.9. The minimum absolute atomic E-state index is 0.190. The zero-order valence-electron chi connectivity index (χ0n) is 13.4. The van der Waals surface area contributed by atoms with Crippen molar-refractivity contribution < 1.29 is 19.2 Å². The molecule has 1 aromatic rings. The van der Waals surface area contributed by atoms with Gasteiger partial charge in [0, 0.05) is 24.2 Å². The Morgan fingerprint density at radius 2 is 1.09 bits per heavy atom. The number of hydrogen-bond acceptors (Lipinski definition) is 5. The largest absolute Gasteiger partial charge is 0.299 e. The van der Waals surface area contributed by atoms with Gasteiger partial charge in [-0.3, -0.25) is 24.2 Å². The minimum atomic E-state index is -0.695. The van der Waals surface area contributed by atoms with Gasteiger partial charge in [-0.1, -0.05) is 6.07 Å². The van der Waals surface area contributed by atoms with E-state index in [-0.39, 0.29) is 36.0 Å². The van der Waals surface area contributed by atoms with Gasteiger partial charge in [0.15, 0.2) is 0 Å². The van der Waals surface area contributed by atoms with Crippen molar-refractivity contribution in [1.29, 1.82) is 0 Å². The summed E-state index contributed by atoms with van der Waals surface area (Å²) in [6, 6.07) is 5.23. The van der Waals surface area contributed by atoms with Crippen molar-refractivity contribution >= 4 is 23.1 Å². The Morgan fingerprint density at radius 1 is 0.773 bits per heavy atom. The van der Waals surface area contributed by atoms with Crippen molar-refractivity contribution in [2.75, 3.05) is 0 Å². The smallest absolute Gasteiger partial charge is 0.140 e. The maximum absolute atomic E-state index is 11.5. The van der Waals surface area contributed by atoms with E-state index >= 15 is 0 Å². The van der Waals surface area contributed by atoms with Crippen LogP contribution >= 0.6 is 0 Å². The van der Waals surface area contributed by atoms with Gasteiger partial charge in [-0.25, -0.2) is 0 Å². The van der Waals surface area contributed by atoms with Crippen molar-refractivity contribution in [3.8, 4) is 0 Å². The third kappa shape index (κ3) is 4.98. The first-order chi connectivity index (χ1) is 10.2. The third-order valence-corrected chi connectivity index (χ3v) is 3.65. The molecule has 0 spiro atoms. The van der Waals surface area contributed by atoms with Crippen LogP contribution in [0.25, 0.3) is 0 Å². The summed E-state index contributed by atoms with van der Waals surface area (Å²) in [5.74, 6) is -2.15. The van der Waals surface area contributed by atoms with E-state index in [0.717, 1.165) is 0 Å². The molecule has 0 saturated carbocycles. The second kappa shape index (κ2) is 7.73. The number of Topliss-reactive ketones (excluding diaryl/α,β-unsaturated/α-hetero) is 4. The van der Waals surface area contributed by atoms with E-state index < -0.39 is 11.8 Å². The quantitative estimate of drug-likeness (QED) is 0.683. The van der Waals surface area contributed by atoms with E-state index in [1.807, 2.05) is 0 Å². The lowest BCUT2D eigenvalue weighted by atomic mass is 9.93. The first-order valence-corrected chi connectivity index (χ1v) is 7.19. The van der Waals surface area contributed by atoms with E-state index in [2.05, 4.69) is 4.98 Å². The fourth-order valence-corrected chi connectivity index (χ4v) is 2.32. The van der Waals surface area contributed by atoms with Crippen LogP contribution in [0.15, 0.2) is 18.2 Å². The maximum atomic E-state index is 11.5. The Morgan fingerprint density at radius 3 is 1.36 bits per heavy atom. The van der Waals surface area contributed by atoms with Gasteiger partial charge in [0.25, 0.3) is 0 Å². The molecule has 1 rings (SSSR count). The molecule has 1 aromatic heterocycles. The fraction of sp³-hybridized carbons (Fsp3) is 0.471. The summed E-state index contributed by atoms with van der Waals surface area (Å²) in [5, 5.41) is 0. The molecule has 0 atom stereocenters. The van der Waals surface area contributed by atoms with Crippen LogP contribution in [0.1, 0.15) is 39.1 Å². The summed E-state index contributed by atoms with van der Waals surface area (Å²) in [6.45, 7) is 5.55. The summed E-state index contributed by atoms with van der Waals surface area (Å²) < 4.78 is 0. The molecule has 0 saturated heterocycles. The molecule has 0 aliphatic carbocycles. The van der Waals surface area contributed by atoms with Crippen LogP contribution in [0.4, 0.5) is 0 Å². The van der Waals surface area contributed by atoms with Crippen LogP contribution in [0.5, 0.6) is 0 Å². The van der Waals surface area contributed by atoms with E-state index in [4.69, 9.17) is 0 Å². The fourth-order valence-electron chi connectivity index (χ4n) is 2.32.